The highest BCUT2D eigenvalue weighted by molar-refractivity contribution is 5.94. The molecule has 4 rings (SSSR count). The molecule has 0 spiro atoms. The van der Waals surface area contributed by atoms with Crippen molar-refractivity contribution in [3.05, 3.63) is 82.9 Å². The third kappa shape index (κ3) is 4.07. The molecule has 1 aliphatic rings. The third-order valence-electron chi connectivity index (χ3n) is 5.55. The van der Waals surface area contributed by atoms with E-state index in [4.69, 9.17) is 5.10 Å². The Balaban J connectivity index is 1.41. The van der Waals surface area contributed by atoms with Crippen LogP contribution in [0.1, 0.15) is 27.3 Å². The van der Waals surface area contributed by atoms with Crippen molar-refractivity contribution in [2.24, 2.45) is 0 Å². The zero-order valence-corrected chi connectivity index (χ0v) is 16.8. The van der Waals surface area contributed by atoms with Crippen LogP contribution in [0.5, 0.6) is 0 Å². The number of carbonyl (C=O) groups is 1. The molecule has 2 aromatic carbocycles. The van der Waals surface area contributed by atoms with Gasteiger partial charge in [0.05, 0.1) is 11.4 Å². The molecule has 2 heterocycles. The van der Waals surface area contributed by atoms with Crippen molar-refractivity contribution < 1.29 is 9.18 Å². The second kappa shape index (κ2) is 8.17. The lowest BCUT2D eigenvalue weighted by atomic mass is 10.1. The van der Waals surface area contributed by atoms with Gasteiger partial charge in [-0.1, -0.05) is 24.3 Å². The number of benzene rings is 2. The smallest absolute Gasteiger partial charge is 0.254 e. The topological polar surface area (TPSA) is 41.4 Å². The molecule has 0 saturated carbocycles. The summed E-state index contributed by atoms with van der Waals surface area (Å²) in [6, 6.07) is 16.0. The number of rotatable bonds is 4. The quantitative estimate of drug-likeness (QED) is 0.681. The second-order valence-electron chi connectivity index (χ2n) is 7.48. The number of para-hydroxylation sites is 1. The molecule has 150 valence electrons. The van der Waals surface area contributed by atoms with Gasteiger partial charge in [-0.3, -0.25) is 9.69 Å². The highest BCUT2D eigenvalue weighted by Crippen LogP contribution is 2.20. The molecular weight excluding hydrogens is 367 g/mol. The van der Waals surface area contributed by atoms with Crippen molar-refractivity contribution in [1.29, 1.82) is 0 Å². The first kappa shape index (κ1) is 19.3. The average Bonchev–Trinajstić information content (AvgIpc) is 3.03. The number of halogens is 1. The van der Waals surface area contributed by atoms with E-state index in [0.29, 0.717) is 18.7 Å². The fourth-order valence-electron chi connectivity index (χ4n) is 3.86. The summed E-state index contributed by atoms with van der Waals surface area (Å²) >= 11 is 0. The van der Waals surface area contributed by atoms with Gasteiger partial charge in [0.15, 0.2) is 0 Å². The van der Waals surface area contributed by atoms with Crippen molar-refractivity contribution in [2.75, 3.05) is 26.2 Å². The molecule has 0 bridgehead atoms. The van der Waals surface area contributed by atoms with Crippen LogP contribution >= 0.6 is 0 Å². The number of amides is 1. The number of piperazine rings is 1. The number of aryl methyl sites for hydroxylation is 1. The normalized spacial score (nSPS) is 14.9. The first-order chi connectivity index (χ1) is 14.0. The van der Waals surface area contributed by atoms with Crippen LogP contribution in [0.25, 0.3) is 5.69 Å². The van der Waals surface area contributed by atoms with Crippen LogP contribution in [0, 0.1) is 19.7 Å². The van der Waals surface area contributed by atoms with Crippen molar-refractivity contribution in [2.45, 2.75) is 20.4 Å². The maximum atomic E-state index is 13.4. The predicted octanol–water partition coefficient (Wildman–Crippen LogP) is 3.59. The molecule has 1 aromatic heterocycles. The molecule has 1 amide bonds. The van der Waals surface area contributed by atoms with Gasteiger partial charge in [-0.25, -0.2) is 9.07 Å². The highest BCUT2D eigenvalue weighted by atomic mass is 19.1. The van der Waals surface area contributed by atoms with Crippen LogP contribution in [-0.4, -0.2) is 51.7 Å². The summed E-state index contributed by atoms with van der Waals surface area (Å²) in [5.74, 6) is -0.482. The second-order valence-corrected chi connectivity index (χ2v) is 7.48. The number of aromatic nitrogens is 2. The summed E-state index contributed by atoms with van der Waals surface area (Å²) in [5, 5.41) is 4.73. The summed E-state index contributed by atoms with van der Waals surface area (Å²) in [6.07, 6.45) is 0. The van der Waals surface area contributed by atoms with Gasteiger partial charge in [0, 0.05) is 49.5 Å². The van der Waals surface area contributed by atoms with Gasteiger partial charge < -0.3 is 4.90 Å². The maximum absolute atomic E-state index is 13.4. The first-order valence-corrected chi connectivity index (χ1v) is 9.90. The summed E-state index contributed by atoms with van der Waals surface area (Å²) in [7, 11) is 0. The Labute approximate surface area is 170 Å². The minimum atomic E-state index is -0.379. The number of nitrogens with zero attached hydrogens (tertiary/aromatic N) is 4. The lowest BCUT2D eigenvalue weighted by Gasteiger charge is -2.34. The minimum absolute atomic E-state index is 0.103. The molecule has 1 aliphatic heterocycles. The monoisotopic (exact) mass is 392 g/mol. The Morgan fingerprint density at radius 1 is 1.00 bits per heavy atom. The van der Waals surface area contributed by atoms with Crippen molar-refractivity contribution in [3.63, 3.8) is 0 Å². The largest absolute Gasteiger partial charge is 0.336 e. The van der Waals surface area contributed by atoms with Gasteiger partial charge >= 0.3 is 0 Å². The summed E-state index contributed by atoms with van der Waals surface area (Å²) in [5.41, 5.74) is 4.88. The van der Waals surface area contributed by atoms with Crippen LogP contribution in [0.4, 0.5) is 4.39 Å². The van der Waals surface area contributed by atoms with E-state index in [2.05, 4.69) is 24.0 Å². The van der Waals surface area contributed by atoms with E-state index in [1.165, 1.54) is 17.7 Å². The first-order valence-electron chi connectivity index (χ1n) is 9.90. The number of carbonyl (C=O) groups excluding carboxylic acids is 1. The van der Waals surface area contributed by atoms with E-state index >= 15 is 0 Å². The maximum Gasteiger partial charge on any atom is 0.254 e. The zero-order chi connectivity index (χ0) is 20.4. The average molecular weight is 392 g/mol. The summed E-state index contributed by atoms with van der Waals surface area (Å²) in [6.45, 7) is 7.82. The molecule has 0 radical (unpaired) electrons. The van der Waals surface area contributed by atoms with Gasteiger partial charge in [0.2, 0.25) is 0 Å². The molecule has 0 aliphatic carbocycles. The SMILES string of the molecule is Cc1nn(-c2ccccc2)c(C)c1CN1CCN(C(=O)c2cccc(F)c2)CC1. The van der Waals surface area contributed by atoms with Crippen molar-refractivity contribution >= 4 is 5.91 Å². The molecule has 1 saturated heterocycles. The molecule has 0 N–H and O–H groups in total. The lowest BCUT2D eigenvalue weighted by Crippen LogP contribution is -2.48. The molecule has 29 heavy (non-hydrogen) atoms. The van der Waals surface area contributed by atoms with Crippen LogP contribution in [0.2, 0.25) is 0 Å². The fourth-order valence-corrected chi connectivity index (χ4v) is 3.86. The molecule has 5 nitrogen and oxygen atoms in total. The molecule has 1 fully saturated rings. The standard InChI is InChI=1S/C23H25FN4O/c1-17-22(18(2)28(25-17)21-9-4-3-5-10-21)16-26-11-13-27(14-12-26)23(29)19-7-6-8-20(24)15-19/h3-10,15H,11-14,16H2,1-2H3. The van der Waals surface area contributed by atoms with Crippen LogP contribution < -0.4 is 0 Å². The number of hydrogen-bond donors (Lipinski definition) is 0. The Morgan fingerprint density at radius 3 is 2.41 bits per heavy atom. The van der Waals surface area contributed by atoms with E-state index in [-0.39, 0.29) is 11.7 Å². The highest BCUT2D eigenvalue weighted by Gasteiger charge is 2.24. The molecule has 0 atom stereocenters. The zero-order valence-electron chi connectivity index (χ0n) is 16.8. The van der Waals surface area contributed by atoms with Gasteiger partial charge in [-0.05, 0) is 44.2 Å². The minimum Gasteiger partial charge on any atom is -0.336 e. The van der Waals surface area contributed by atoms with E-state index in [1.54, 1.807) is 17.0 Å². The van der Waals surface area contributed by atoms with Gasteiger partial charge in [-0.15, -0.1) is 0 Å². The fraction of sp³-hybridized carbons (Fsp3) is 0.304. The van der Waals surface area contributed by atoms with E-state index in [1.807, 2.05) is 29.8 Å². The van der Waals surface area contributed by atoms with Gasteiger partial charge in [0.25, 0.3) is 5.91 Å². The molecule has 3 aromatic rings. The summed E-state index contributed by atoms with van der Waals surface area (Å²) < 4.78 is 15.4. The summed E-state index contributed by atoms with van der Waals surface area (Å²) in [4.78, 5) is 16.8. The van der Waals surface area contributed by atoms with Crippen molar-refractivity contribution in [3.8, 4) is 5.69 Å². The van der Waals surface area contributed by atoms with Crippen LogP contribution in [-0.2, 0) is 6.54 Å². The van der Waals surface area contributed by atoms with E-state index < -0.39 is 0 Å². The molecule has 6 heteroatoms. The van der Waals surface area contributed by atoms with E-state index in [0.717, 1.165) is 36.7 Å². The molecule has 0 unspecified atom stereocenters. The van der Waals surface area contributed by atoms with E-state index in [9.17, 15) is 9.18 Å². The Kier molecular flexibility index (Phi) is 5.45. The lowest BCUT2D eigenvalue weighted by molar-refractivity contribution is 0.0627. The Morgan fingerprint density at radius 2 is 1.72 bits per heavy atom. The van der Waals surface area contributed by atoms with Gasteiger partial charge in [-0.2, -0.15) is 5.10 Å². The molecular formula is C23H25FN4O. The van der Waals surface area contributed by atoms with Crippen LogP contribution in [0.15, 0.2) is 54.6 Å². The van der Waals surface area contributed by atoms with Crippen molar-refractivity contribution in [1.82, 2.24) is 19.6 Å². The third-order valence-corrected chi connectivity index (χ3v) is 5.55. The Bertz CT molecular complexity index is 1010. The van der Waals surface area contributed by atoms with Crippen LogP contribution in [0.3, 0.4) is 0 Å². The Hall–Kier alpha value is -2.99. The van der Waals surface area contributed by atoms with Gasteiger partial charge in [0.1, 0.15) is 5.82 Å². The number of hydrogen-bond acceptors (Lipinski definition) is 3. The predicted molar refractivity (Wildman–Crippen MR) is 111 cm³/mol.